The predicted molar refractivity (Wildman–Crippen MR) is 119 cm³/mol. The van der Waals surface area contributed by atoms with Crippen molar-refractivity contribution in [3.05, 3.63) is 94.5 Å². The van der Waals surface area contributed by atoms with Gasteiger partial charge in [-0.2, -0.15) is 0 Å². The molecule has 3 aromatic carbocycles. The van der Waals surface area contributed by atoms with Gasteiger partial charge in [0.1, 0.15) is 5.75 Å². The highest BCUT2D eigenvalue weighted by Gasteiger charge is 2.51. The second kappa shape index (κ2) is 8.00. The molecule has 0 unspecified atom stereocenters. The molecule has 0 aliphatic carbocycles. The van der Waals surface area contributed by atoms with E-state index in [0.29, 0.717) is 29.1 Å². The Bertz CT molecular complexity index is 1170. The maximum atomic E-state index is 13.5. The summed E-state index contributed by atoms with van der Waals surface area (Å²) in [5.74, 6) is -0.421. The minimum atomic E-state index is -1.92. The van der Waals surface area contributed by atoms with Gasteiger partial charge in [-0.15, -0.1) is 0 Å². The maximum Gasteiger partial charge on any atom is 0.264 e. The van der Waals surface area contributed by atoms with Crippen LogP contribution in [0.25, 0.3) is 0 Å². The first-order valence-electron chi connectivity index (χ1n) is 10.2. The van der Waals surface area contributed by atoms with Crippen molar-refractivity contribution >= 4 is 17.4 Å². The Morgan fingerprint density at radius 2 is 1.74 bits per heavy atom. The molecule has 0 fully saturated rings. The minimum Gasteiger partial charge on any atom is -0.496 e. The highest BCUT2D eigenvalue weighted by Crippen LogP contribution is 2.44. The van der Waals surface area contributed by atoms with E-state index >= 15 is 0 Å². The van der Waals surface area contributed by atoms with Crippen LogP contribution in [-0.4, -0.2) is 23.9 Å². The molecule has 0 saturated carbocycles. The van der Waals surface area contributed by atoms with Crippen molar-refractivity contribution in [3.63, 3.8) is 0 Å². The molecular formula is C26H25NO4. The molecule has 0 spiro atoms. The number of fused-ring (bicyclic) bond motifs is 1. The number of carbonyl (C=O) groups is 2. The minimum absolute atomic E-state index is 0.327. The van der Waals surface area contributed by atoms with E-state index in [2.05, 4.69) is 6.07 Å². The van der Waals surface area contributed by atoms with Crippen LogP contribution < -0.4 is 9.64 Å². The molecule has 0 aromatic heterocycles. The number of hydrogen-bond donors (Lipinski definition) is 1. The van der Waals surface area contributed by atoms with Crippen LogP contribution in [0, 0.1) is 13.8 Å². The van der Waals surface area contributed by atoms with Crippen molar-refractivity contribution in [3.8, 4) is 5.75 Å². The number of Topliss-reactive ketones (excluding diaryl/α,β-unsaturated/α-hetero) is 1. The molecule has 31 heavy (non-hydrogen) atoms. The zero-order valence-electron chi connectivity index (χ0n) is 17.9. The molecule has 0 saturated heterocycles. The third kappa shape index (κ3) is 3.62. The van der Waals surface area contributed by atoms with E-state index < -0.39 is 11.5 Å². The first kappa shape index (κ1) is 20.8. The second-order valence-corrected chi connectivity index (χ2v) is 8.00. The van der Waals surface area contributed by atoms with Crippen LogP contribution in [0.3, 0.4) is 0 Å². The van der Waals surface area contributed by atoms with Gasteiger partial charge in [0, 0.05) is 5.56 Å². The number of aryl methyl sites for hydroxylation is 2. The number of methoxy groups -OCH3 is 1. The fourth-order valence-corrected chi connectivity index (χ4v) is 4.23. The molecule has 1 heterocycles. The van der Waals surface area contributed by atoms with Gasteiger partial charge in [0.05, 0.1) is 31.3 Å². The highest BCUT2D eigenvalue weighted by molar-refractivity contribution is 6.11. The summed E-state index contributed by atoms with van der Waals surface area (Å²) >= 11 is 0. The summed E-state index contributed by atoms with van der Waals surface area (Å²) in [6.45, 7) is 4.36. The Balaban J connectivity index is 1.70. The molecule has 1 N–H and O–H groups in total. The standard InChI is InChI=1S/C26H25NO4/c1-17-12-13-19(18(2)14-17)16-27-22-10-6-5-9-21(22)26(30,25(27)29)15-23(28)20-8-4-7-11-24(20)31-3/h4-14,30H,15-16H2,1-3H3/t26-/m0/s1. The third-order valence-electron chi connectivity index (χ3n) is 5.89. The van der Waals surface area contributed by atoms with Gasteiger partial charge in [-0.25, -0.2) is 0 Å². The van der Waals surface area contributed by atoms with Gasteiger partial charge in [-0.05, 0) is 43.2 Å². The van der Waals surface area contributed by atoms with E-state index in [1.165, 1.54) is 7.11 Å². The lowest BCUT2D eigenvalue weighted by Crippen LogP contribution is -2.41. The fraction of sp³-hybridized carbons (Fsp3) is 0.231. The molecule has 5 nitrogen and oxygen atoms in total. The smallest absolute Gasteiger partial charge is 0.264 e. The summed E-state index contributed by atoms with van der Waals surface area (Å²) in [7, 11) is 1.49. The van der Waals surface area contributed by atoms with Crippen molar-refractivity contribution in [1.82, 2.24) is 0 Å². The van der Waals surface area contributed by atoms with E-state index in [0.717, 1.165) is 16.7 Å². The lowest BCUT2D eigenvalue weighted by atomic mass is 9.88. The average molecular weight is 415 g/mol. The molecule has 0 radical (unpaired) electrons. The maximum absolute atomic E-state index is 13.5. The van der Waals surface area contributed by atoms with Gasteiger partial charge in [0.2, 0.25) is 0 Å². The van der Waals surface area contributed by atoms with Crippen molar-refractivity contribution < 1.29 is 19.4 Å². The normalized spacial score (nSPS) is 17.5. The lowest BCUT2D eigenvalue weighted by molar-refractivity contribution is -0.136. The molecule has 1 aliphatic rings. The van der Waals surface area contributed by atoms with Gasteiger partial charge < -0.3 is 14.7 Å². The van der Waals surface area contributed by atoms with Crippen LogP contribution in [0.15, 0.2) is 66.7 Å². The monoisotopic (exact) mass is 415 g/mol. The summed E-state index contributed by atoms with van der Waals surface area (Å²) in [4.78, 5) is 28.1. The molecule has 0 bridgehead atoms. The quantitative estimate of drug-likeness (QED) is 0.609. The van der Waals surface area contributed by atoms with Crippen molar-refractivity contribution in [1.29, 1.82) is 0 Å². The number of nitrogens with zero attached hydrogens (tertiary/aromatic N) is 1. The van der Waals surface area contributed by atoms with Gasteiger partial charge in [0.15, 0.2) is 11.4 Å². The van der Waals surface area contributed by atoms with Crippen molar-refractivity contribution in [2.24, 2.45) is 0 Å². The molecule has 4 rings (SSSR count). The van der Waals surface area contributed by atoms with E-state index in [1.54, 1.807) is 41.3 Å². The van der Waals surface area contributed by atoms with Crippen LogP contribution in [-0.2, 0) is 16.9 Å². The number of para-hydroxylation sites is 2. The number of aliphatic hydroxyl groups is 1. The van der Waals surface area contributed by atoms with E-state index in [-0.39, 0.29) is 12.2 Å². The number of ketones is 1. The number of amides is 1. The Labute approximate surface area is 181 Å². The summed E-state index contributed by atoms with van der Waals surface area (Å²) in [5, 5.41) is 11.5. The van der Waals surface area contributed by atoms with Crippen molar-refractivity contribution in [2.75, 3.05) is 12.0 Å². The van der Waals surface area contributed by atoms with Gasteiger partial charge >= 0.3 is 0 Å². The van der Waals surface area contributed by atoms with Crippen LogP contribution in [0.5, 0.6) is 5.75 Å². The molecule has 1 amide bonds. The number of carbonyl (C=O) groups excluding carboxylic acids is 2. The Morgan fingerprint density at radius 3 is 2.48 bits per heavy atom. The van der Waals surface area contributed by atoms with Gasteiger partial charge in [-0.1, -0.05) is 54.1 Å². The van der Waals surface area contributed by atoms with Crippen LogP contribution in [0.4, 0.5) is 5.69 Å². The molecule has 1 atom stereocenters. The Morgan fingerprint density at radius 1 is 1.03 bits per heavy atom. The summed E-state index contributed by atoms with van der Waals surface area (Å²) in [6.07, 6.45) is -0.355. The predicted octanol–water partition coefficient (Wildman–Crippen LogP) is 4.32. The molecular weight excluding hydrogens is 390 g/mol. The van der Waals surface area contributed by atoms with Crippen molar-refractivity contribution in [2.45, 2.75) is 32.4 Å². The van der Waals surface area contributed by atoms with E-state index in [4.69, 9.17) is 4.74 Å². The van der Waals surface area contributed by atoms with Crippen LogP contribution in [0.2, 0.25) is 0 Å². The number of rotatable bonds is 6. The van der Waals surface area contributed by atoms with E-state index in [9.17, 15) is 14.7 Å². The number of benzene rings is 3. The van der Waals surface area contributed by atoms with Crippen LogP contribution >= 0.6 is 0 Å². The Kier molecular flexibility index (Phi) is 5.38. The number of hydrogen-bond acceptors (Lipinski definition) is 4. The number of ether oxygens (including phenoxy) is 1. The summed E-state index contributed by atoms with van der Waals surface area (Å²) in [5.41, 5.74) is 2.72. The SMILES string of the molecule is COc1ccccc1C(=O)C[C@@]1(O)C(=O)N(Cc2ccc(C)cc2C)c2ccccc21. The lowest BCUT2D eigenvalue weighted by Gasteiger charge is -2.23. The first-order valence-corrected chi connectivity index (χ1v) is 10.2. The zero-order valence-corrected chi connectivity index (χ0v) is 17.9. The fourth-order valence-electron chi connectivity index (χ4n) is 4.23. The number of anilines is 1. The van der Waals surface area contributed by atoms with Gasteiger partial charge in [-0.3, -0.25) is 9.59 Å². The van der Waals surface area contributed by atoms with Gasteiger partial charge in [0.25, 0.3) is 5.91 Å². The molecule has 5 heteroatoms. The highest BCUT2D eigenvalue weighted by atomic mass is 16.5. The second-order valence-electron chi connectivity index (χ2n) is 8.00. The Hall–Kier alpha value is -3.44. The average Bonchev–Trinajstić information content (AvgIpc) is 2.97. The summed E-state index contributed by atoms with van der Waals surface area (Å²) < 4.78 is 5.29. The largest absolute Gasteiger partial charge is 0.496 e. The molecule has 158 valence electrons. The zero-order chi connectivity index (χ0) is 22.2. The van der Waals surface area contributed by atoms with E-state index in [1.807, 2.05) is 38.1 Å². The first-order chi connectivity index (χ1) is 14.8. The third-order valence-corrected chi connectivity index (χ3v) is 5.89. The molecule has 3 aromatic rings. The topological polar surface area (TPSA) is 66.8 Å². The summed E-state index contributed by atoms with van der Waals surface area (Å²) in [6, 6.07) is 20.0. The molecule has 1 aliphatic heterocycles. The van der Waals surface area contributed by atoms with Crippen LogP contribution in [0.1, 0.15) is 39.0 Å².